The van der Waals surface area contributed by atoms with Crippen molar-refractivity contribution in [2.24, 2.45) is 5.92 Å². The summed E-state index contributed by atoms with van der Waals surface area (Å²) in [7, 11) is 2.13. The molecule has 5 nitrogen and oxygen atoms in total. The molecule has 1 aromatic heterocycles. The van der Waals surface area contributed by atoms with Crippen molar-refractivity contribution in [3.05, 3.63) is 30.0 Å². The first kappa shape index (κ1) is 13.9. The average Bonchev–Trinajstić information content (AvgIpc) is 2.90. The number of rotatable bonds is 3. The monoisotopic (exact) mass is 286 g/mol. The summed E-state index contributed by atoms with van der Waals surface area (Å²) in [6, 6.07) is 7.53. The first-order valence-corrected chi connectivity index (χ1v) is 7.47. The molecule has 1 atom stereocenters. The molecule has 0 bridgehead atoms. The molecule has 0 spiro atoms. The Morgan fingerprint density at radius 2 is 2.38 bits per heavy atom. The molecular weight excluding hydrogens is 264 g/mol. The Kier molecular flexibility index (Phi) is 3.84. The number of hydrogen-bond acceptors (Lipinski definition) is 3. The number of fused-ring (bicyclic) bond motifs is 1. The molecule has 0 aliphatic carbocycles. The van der Waals surface area contributed by atoms with Gasteiger partial charge in [0, 0.05) is 18.5 Å². The number of carbonyl (C=O) groups excluding carboxylic acids is 1. The highest BCUT2D eigenvalue weighted by Crippen LogP contribution is 2.21. The number of H-pyrrole nitrogens is 1. The number of nitrogens with zero attached hydrogens (tertiary/aromatic N) is 1. The van der Waals surface area contributed by atoms with E-state index in [9.17, 15) is 4.79 Å². The number of nitrogen functional groups attached to an aromatic ring is 1. The van der Waals surface area contributed by atoms with Crippen molar-refractivity contribution < 1.29 is 4.79 Å². The molecule has 1 unspecified atom stereocenters. The quantitative estimate of drug-likeness (QED) is 0.754. The fourth-order valence-electron chi connectivity index (χ4n) is 3.07. The molecule has 2 heterocycles. The molecule has 2 aromatic rings. The number of anilines is 1. The summed E-state index contributed by atoms with van der Waals surface area (Å²) in [5.74, 6) is 0.487. The van der Waals surface area contributed by atoms with E-state index < -0.39 is 0 Å². The third kappa shape index (κ3) is 3.03. The standard InChI is InChI=1S/C16H22N4O/c1-20-7-3-4-11(10-20)9-18-16(21)14-8-12-5-2-6-13(17)15(12)19-14/h2,5-6,8,11,19H,3-4,7,9-10,17H2,1H3,(H,18,21). The number of aromatic nitrogens is 1. The van der Waals surface area contributed by atoms with E-state index in [1.165, 1.54) is 12.8 Å². The predicted octanol–water partition coefficient (Wildman–Crippen LogP) is 1.82. The summed E-state index contributed by atoms with van der Waals surface area (Å²) in [6.07, 6.45) is 2.39. The van der Waals surface area contributed by atoms with Crippen molar-refractivity contribution in [1.82, 2.24) is 15.2 Å². The van der Waals surface area contributed by atoms with Gasteiger partial charge < -0.3 is 20.9 Å². The van der Waals surface area contributed by atoms with E-state index >= 15 is 0 Å². The van der Waals surface area contributed by atoms with E-state index in [1.807, 2.05) is 24.3 Å². The van der Waals surface area contributed by atoms with Crippen LogP contribution in [0, 0.1) is 5.92 Å². The lowest BCUT2D eigenvalue weighted by atomic mass is 9.98. The lowest BCUT2D eigenvalue weighted by molar-refractivity contribution is 0.0932. The van der Waals surface area contributed by atoms with Gasteiger partial charge in [0.1, 0.15) is 5.69 Å². The summed E-state index contributed by atoms with van der Waals surface area (Å²) in [5, 5.41) is 4.00. The molecular formula is C16H22N4O. The van der Waals surface area contributed by atoms with Gasteiger partial charge in [0.05, 0.1) is 11.2 Å². The van der Waals surface area contributed by atoms with Gasteiger partial charge in [-0.2, -0.15) is 0 Å². The Morgan fingerprint density at radius 3 is 3.14 bits per heavy atom. The molecule has 0 radical (unpaired) electrons. The zero-order valence-corrected chi connectivity index (χ0v) is 12.4. The van der Waals surface area contributed by atoms with Crippen LogP contribution in [0.5, 0.6) is 0 Å². The van der Waals surface area contributed by atoms with Gasteiger partial charge in [0.2, 0.25) is 0 Å². The average molecular weight is 286 g/mol. The van der Waals surface area contributed by atoms with Crippen LogP contribution < -0.4 is 11.1 Å². The van der Waals surface area contributed by atoms with E-state index in [0.717, 1.165) is 30.5 Å². The molecule has 0 saturated carbocycles. The lowest BCUT2D eigenvalue weighted by Gasteiger charge is -2.29. The van der Waals surface area contributed by atoms with Gasteiger partial charge in [0.15, 0.2) is 0 Å². The second-order valence-corrected chi connectivity index (χ2v) is 5.98. The van der Waals surface area contributed by atoms with Crippen LogP contribution in [0.4, 0.5) is 5.69 Å². The van der Waals surface area contributed by atoms with Gasteiger partial charge >= 0.3 is 0 Å². The van der Waals surface area contributed by atoms with Crippen molar-refractivity contribution in [1.29, 1.82) is 0 Å². The lowest BCUT2D eigenvalue weighted by Crippen LogP contribution is -2.39. The van der Waals surface area contributed by atoms with Gasteiger partial charge in [-0.3, -0.25) is 4.79 Å². The summed E-state index contributed by atoms with van der Waals surface area (Å²) in [5.41, 5.74) is 7.98. The number of likely N-dealkylation sites (tertiary alicyclic amines) is 1. The van der Waals surface area contributed by atoms with Crippen molar-refractivity contribution in [2.45, 2.75) is 12.8 Å². The molecule has 4 N–H and O–H groups in total. The van der Waals surface area contributed by atoms with Crippen molar-refractivity contribution in [3.63, 3.8) is 0 Å². The molecule has 3 rings (SSSR count). The Labute approximate surface area is 124 Å². The maximum Gasteiger partial charge on any atom is 0.267 e. The smallest absolute Gasteiger partial charge is 0.267 e. The maximum absolute atomic E-state index is 12.3. The van der Waals surface area contributed by atoms with Crippen LogP contribution in [0.25, 0.3) is 10.9 Å². The van der Waals surface area contributed by atoms with Gasteiger partial charge in [-0.05, 0) is 44.5 Å². The van der Waals surface area contributed by atoms with E-state index in [-0.39, 0.29) is 5.91 Å². The van der Waals surface area contributed by atoms with Crippen LogP contribution in [-0.2, 0) is 0 Å². The largest absolute Gasteiger partial charge is 0.397 e. The fraction of sp³-hybridized carbons (Fsp3) is 0.438. The molecule has 5 heteroatoms. The zero-order valence-electron chi connectivity index (χ0n) is 12.4. The minimum Gasteiger partial charge on any atom is -0.397 e. The SMILES string of the molecule is CN1CCCC(CNC(=O)c2cc3cccc(N)c3[nH]2)C1. The highest BCUT2D eigenvalue weighted by molar-refractivity contribution is 6.00. The number of carbonyl (C=O) groups is 1. The van der Waals surface area contributed by atoms with E-state index in [4.69, 9.17) is 5.73 Å². The number of nitrogens with two attached hydrogens (primary N) is 1. The molecule has 1 fully saturated rings. The van der Waals surface area contributed by atoms with E-state index in [0.29, 0.717) is 17.3 Å². The van der Waals surface area contributed by atoms with Crippen molar-refractivity contribution in [2.75, 3.05) is 32.4 Å². The van der Waals surface area contributed by atoms with Crippen LogP contribution in [0.2, 0.25) is 0 Å². The van der Waals surface area contributed by atoms with Gasteiger partial charge in [0.25, 0.3) is 5.91 Å². The Morgan fingerprint density at radius 1 is 1.52 bits per heavy atom. The molecule has 1 saturated heterocycles. The van der Waals surface area contributed by atoms with Crippen LogP contribution in [0.15, 0.2) is 24.3 Å². The minimum absolute atomic E-state index is 0.0566. The Bertz CT molecular complexity index is 649. The number of para-hydroxylation sites is 1. The number of hydrogen-bond donors (Lipinski definition) is 3. The summed E-state index contributed by atoms with van der Waals surface area (Å²) >= 11 is 0. The van der Waals surface area contributed by atoms with E-state index in [1.54, 1.807) is 0 Å². The zero-order chi connectivity index (χ0) is 14.8. The minimum atomic E-state index is -0.0566. The molecule has 112 valence electrons. The second-order valence-electron chi connectivity index (χ2n) is 5.98. The number of piperidine rings is 1. The van der Waals surface area contributed by atoms with Gasteiger partial charge in [-0.25, -0.2) is 0 Å². The number of benzene rings is 1. The second kappa shape index (κ2) is 5.77. The highest BCUT2D eigenvalue weighted by Gasteiger charge is 2.18. The van der Waals surface area contributed by atoms with Gasteiger partial charge in [-0.1, -0.05) is 12.1 Å². The normalized spacial score (nSPS) is 19.8. The van der Waals surface area contributed by atoms with Crippen LogP contribution in [0.3, 0.4) is 0 Å². The highest BCUT2D eigenvalue weighted by atomic mass is 16.1. The third-order valence-electron chi connectivity index (χ3n) is 4.21. The van der Waals surface area contributed by atoms with Crippen molar-refractivity contribution in [3.8, 4) is 0 Å². The van der Waals surface area contributed by atoms with Crippen LogP contribution in [0.1, 0.15) is 23.3 Å². The maximum atomic E-state index is 12.3. The Hall–Kier alpha value is -2.01. The van der Waals surface area contributed by atoms with E-state index in [2.05, 4.69) is 22.2 Å². The molecule has 21 heavy (non-hydrogen) atoms. The summed E-state index contributed by atoms with van der Waals surface area (Å²) in [4.78, 5) is 17.7. The molecule has 1 aliphatic heterocycles. The number of nitrogens with one attached hydrogen (secondary N) is 2. The number of aromatic amines is 1. The third-order valence-corrected chi connectivity index (χ3v) is 4.21. The molecule has 1 amide bonds. The summed E-state index contributed by atoms with van der Waals surface area (Å²) in [6.45, 7) is 2.94. The summed E-state index contributed by atoms with van der Waals surface area (Å²) < 4.78 is 0. The first-order chi connectivity index (χ1) is 10.1. The fourth-order valence-corrected chi connectivity index (χ4v) is 3.07. The molecule has 1 aromatic carbocycles. The predicted molar refractivity (Wildman–Crippen MR) is 85.3 cm³/mol. The van der Waals surface area contributed by atoms with Gasteiger partial charge in [-0.15, -0.1) is 0 Å². The topological polar surface area (TPSA) is 74.2 Å². The Balaban J connectivity index is 1.65. The van der Waals surface area contributed by atoms with Crippen LogP contribution in [-0.4, -0.2) is 42.5 Å². The molecule has 1 aliphatic rings. The van der Waals surface area contributed by atoms with Crippen molar-refractivity contribution >= 4 is 22.5 Å². The van der Waals surface area contributed by atoms with Crippen LogP contribution >= 0.6 is 0 Å². The first-order valence-electron chi connectivity index (χ1n) is 7.47. The number of amides is 1.